The summed E-state index contributed by atoms with van der Waals surface area (Å²) in [6.07, 6.45) is 3.56. The lowest BCUT2D eigenvalue weighted by Gasteiger charge is -2.38. The van der Waals surface area contributed by atoms with Crippen LogP contribution in [0.3, 0.4) is 0 Å². The number of rotatable bonds is 4. The third-order valence-electron chi connectivity index (χ3n) is 3.35. The van der Waals surface area contributed by atoms with Crippen molar-refractivity contribution in [3.63, 3.8) is 0 Å². The fraction of sp³-hybridized carbons (Fsp3) is 0.727. The highest BCUT2D eigenvalue weighted by atomic mass is 16.5. The van der Waals surface area contributed by atoms with Gasteiger partial charge in [-0.1, -0.05) is 6.42 Å². The van der Waals surface area contributed by atoms with E-state index < -0.39 is 0 Å². The fourth-order valence-corrected chi connectivity index (χ4v) is 2.32. The third-order valence-corrected chi connectivity index (χ3v) is 3.35. The van der Waals surface area contributed by atoms with Crippen LogP contribution in [0.25, 0.3) is 0 Å². The zero-order valence-corrected chi connectivity index (χ0v) is 11.6. The summed E-state index contributed by atoms with van der Waals surface area (Å²) in [7, 11) is 1.51. The smallest absolute Gasteiger partial charge is 0.322 e. The summed E-state index contributed by atoms with van der Waals surface area (Å²) in [6.45, 7) is 4.37. The lowest BCUT2D eigenvalue weighted by Crippen LogP contribution is -2.47. The molecule has 0 aliphatic carbocycles. The average Bonchev–Trinajstić information content (AvgIpc) is 2.42. The number of methoxy groups -OCH3 is 1. The topological polar surface area (TPSA) is 101 Å². The van der Waals surface area contributed by atoms with Crippen molar-refractivity contribution in [3.8, 4) is 6.01 Å². The van der Waals surface area contributed by atoms with E-state index in [0.717, 1.165) is 12.8 Å². The largest absolute Gasteiger partial charge is 0.467 e. The summed E-state index contributed by atoms with van der Waals surface area (Å²) in [5.41, 5.74) is 5.63. The SMILES string of the molecule is COc1nc(NN)nc(NN2C(C)CCCC2C)n1. The Labute approximate surface area is 112 Å². The van der Waals surface area contributed by atoms with E-state index in [1.54, 1.807) is 0 Å². The molecule has 0 saturated carbocycles. The maximum atomic E-state index is 5.33. The first-order valence-corrected chi connectivity index (χ1v) is 6.45. The highest BCUT2D eigenvalue weighted by molar-refractivity contribution is 5.34. The molecule has 0 radical (unpaired) electrons. The lowest BCUT2D eigenvalue weighted by molar-refractivity contribution is 0.134. The summed E-state index contributed by atoms with van der Waals surface area (Å²) in [6, 6.07) is 1.09. The standard InChI is InChI=1S/C11H21N7O/c1-7-5-4-6-8(2)18(7)17-10-13-9(16-12)14-11(15-10)19-3/h7-8H,4-6,12H2,1-3H3,(H2,13,14,15,16,17). The van der Waals surface area contributed by atoms with E-state index in [1.165, 1.54) is 13.5 Å². The number of nitrogens with two attached hydrogens (primary N) is 1. The molecule has 8 nitrogen and oxygen atoms in total. The highest BCUT2D eigenvalue weighted by Crippen LogP contribution is 2.23. The van der Waals surface area contributed by atoms with Crippen LogP contribution in [0.5, 0.6) is 6.01 Å². The molecule has 0 amide bonds. The van der Waals surface area contributed by atoms with Gasteiger partial charge < -0.3 is 4.74 Å². The molecular weight excluding hydrogens is 246 g/mol. The molecule has 1 aliphatic heterocycles. The van der Waals surface area contributed by atoms with E-state index in [1.807, 2.05) is 0 Å². The lowest BCUT2D eigenvalue weighted by atomic mass is 10.00. The van der Waals surface area contributed by atoms with Crippen molar-refractivity contribution in [3.05, 3.63) is 0 Å². The molecule has 0 aromatic carbocycles. The number of nitrogen functional groups attached to an aromatic ring is 1. The number of anilines is 2. The summed E-state index contributed by atoms with van der Waals surface area (Å²) in [4.78, 5) is 12.3. The molecule has 1 saturated heterocycles. The van der Waals surface area contributed by atoms with Crippen molar-refractivity contribution < 1.29 is 4.74 Å². The predicted octanol–water partition coefficient (Wildman–Crippen LogP) is 0.756. The van der Waals surface area contributed by atoms with Crippen LogP contribution >= 0.6 is 0 Å². The van der Waals surface area contributed by atoms with Crippen LogP contribution < -0.4 is 21.4 Å². The number of hydrazine groups is 2. The molecule has 19 heavy (non-hydrogen) atoms. The minimum atomic E-state index is 0.225. The number of hydrogen-bond acceptors (Lipinski definition) is 8. The van der Waals surface area contributed by atoms with Crippen molar-refractivity contribution in [1.29, 1.82) is 0 Å². The Hall–Kier alpha value is -1.67. The van der Waals surface area contributed by atoms with Gasteiger partial charge in [-0.25, -0.2) is 10.9 Å². The monoisotopic (exact) mass is 267 g/mol. The molecule has 2 rings (SSSR count). The molecule has 2 heterocycles. The molecule has 1 fully saturated rings. The van der Waals surface area contributed by atoms with Gasteiger partial charge in [0.15, 0.2) is 0 Å². The van der Waals surface area contributed by atoms with Crippen molar-refractivity contribution >= 4 is 11.9 Å². The Morgan fingerprint density at radius 1 is 1.16 bits per heavy atom. The molecule has 4 N–H and O–H groups in total. The van der Waals surface area contributed by atoms with E-state index in [2.05, 4.69) is 44.7 Å². The normalized spacial score (nSPS) is 24.0. The number of hydrogen-bond donors (Lipinski definition) is 3. The van der Waals surface area contributed by atoms with E-state index in [9.17, 15) is 0 Å². The van der Waals surface area contributed by atoms with Crippen LogP contribution in [-0.4, -0.2) is 39.2 Å². The van der Waals surface area contributed by atoms with Crippen LogP contribution in [0.4, 0.5) is 11.9 Å². The van der Waals surface area contributed by atoms with Crippen LogP contribution in [0, 0.1) is 0 Å². The first-order chi connectivity index (χ1) is 9.13. The number of aromatic nitrogens is 3. The maximum Gasteiger partial charge on any atom is 0.322 e. The van der Waals surface area contributed by atoms with Crippen molar-refractivity contribution in [2.45, 2.75) is 45.2 Å². The van der Waals surface area contributed by atoms with Gasteiger partial charge in [-0.15, -0.1) is 0 Å². The Balaban J connectivity index is 2.17. The maximum absolute atomic E-state index is 5.33. The van der Waals surface area contributed by atoms with Crippen LogP contribution in [0.1, 0.15) is 33.1 Å². The van der Waals surface area contributed by atoms with Gasteiger partial charge in [-0.05, 0) is 26.7 Å². The minimum absolute atomic E-state index is 0.225. The predicted molar refractivity (Wildman–Crippen MR) is 72.4 cm³/mol. The quantitative estimate of drug-likeness (QED) is 0.543. The molecule has 0 spiro atoms. The van der Waals surface area contributed by atoms with E-state index >= 15 is 0 Å². The van der Waals surface area contributed by atoms with Crippen LogP contribution in [0.15, 0.2) is 0 Å². The van der Waals surface area contributed by atoms with E-state index in [4.69, 9.17) is 10.6 Å². The van der Waals surface area contributed by atoms with Crippen LogP contribution in [-0.2, 0) is 0 Å². The van der Waals surface area contributed by atoms with Crippen molar-refractivity contribution in [2.75, 3.05) is 18.0 Å². The number of ether oxygens (including phenoxy) is 1. The molecule has 2 unspecified atom stereocenters. The van der Waals surface area contributed by atoms with E-state index in [0.29, 0.717) is 18.0 Å². The van der Waals surface area contributed by atoms with E-state index in [-0.39, 0.29) is 12.0 Å². The molecule has 0 bridgehead atoms. The van der Waals surface area contributed by atoms with Crippen molar-refractivity contribution in [1.82, 2.24) is 20.0 Å². The summed E-state index contributed by atoms with van der Waals surface area (Å²) in [5, 5.41) is 2.17. The number of piperidine rings is 1. The number of nitrogens with one attached hydrogen (secondary N) is 2. The van der Waals surface area contributed by atoms with Gasteiger partial charge in [-0.2, -0.15) is 15.0 Å². The van der Waals surface area contributed by atoms with Crippen molar-refractivity contribution in [2.24, 2.45) is 5.84 Å². The summed E-state index contributed by atoms with van der Waals surface area (Å²) < 4.78 is 5.02. The zero-order chi connectivity index (χ0) is 13.8. The zero-order valence-electron chi connectivity index (χ0n) is 11.6. The first kappa shape index (κ1) is 13.8. The Morgan fingerprint density at radius 2 is 1.79 bits per heavy atom. The summed E-state index contributed by atoms with van der Waals surface area (Å²) >= 11 is 0. The average molecular weight is 267 g/mol. The number of nitrogens with zero attached hydrogens (tertiary/aromatic N) is 4. The minimum Gasteiger partial charge on any atom is -0.467 e. The Morgan fingerprint density at radius 3 is 2.37 bits per heavy atom. The van der Waals surface area contributed by atoms with Crippen LogP contribution in [0.2, 0.25) is 0 Å². The van der Waals surface area contributed by atoms with Gasteiger partial charge in [0, 0.05) is 12.1 Å². The van der Waals surface area contributed by atoms with Gasteiger partial charge in [0.05, 0.1) is 7.11 Å². The Bertz CT molecular complexity index is 395. The second-order valence-electron chi connectivity index (χ2n) is 4.76. The van der Waals surface area contributed by atoms with Gasteiger partial charge in [0.25, 0.3) is 0 Å². The fourth-order valence-electron chi connectivity index (χ4n) is 2.32. The van der Waals surface area contributed by atoms with Gasteiger partial charge >= 0.3 is 6.01 Å². The second kappa shape index (κ2) is 5.98. The molecule has 2 atom stereocenters. The highest BCUT2D eigenvalue weighted by Gasteiger charge is 2.25. The van der Waals surface area contributed by atoms with Gasteiger partial charge in [0.2, 0.25) is 11.9 Å². The molecular formula is C11H21N7O. The summed E-state index contributed by atoms with van der Waals surface area (Å²) in [5.74, 6) is 6.03. The Kier molecular flexibility index (Phi) is 4.33. The molecule has 1 aromatic heterocycles. The first-order valence-electron chi connectivity index (χ1n) is 6.45. The molecule has 8 heteroatoms. The second-order valence-corrected chi connectivity index (χ2v) is 4.76. The van der Waals surface area contributed by atoms with Gasteiger partial charge in [0.1, 0.15) is 0 Å². The molecule has 1 aliphatic rings. The molecule has 106 valence electrons. The molecule has 1 aromatic rings. The van der Waals surface area contributed by atoms with Gasteiger partial charge in [-0.3, -0.25) is 10.9 Å². The third kappa shape index (κ3) is 3.21.